The molecule has 1 aliphatic carbocycles. The minimum absolute atomic E-state index is 0.0571. The second-order valence-corrected chi connectivity index (χ2v) is 4.73. The first-order valence-electron chi connectivity index (χ1n) is 5.89. The zero-order chi connectivity index (χ0) is 11.5. The first-order valence-corrected chi connectivity index (χ1v) is 5.89. The summed E-state index contributed by atoms with van der Waals surface area (Å²) in [6.07, 6.45) is 6.05. The van der Waals surface area contributed by atoms with Gasteiger partial charge < -0.3 is 9.84 Å². The predicted octanol–water partition coefficient (Wildman–Crippen LogP) is 2.29. The summed E-state index contributed by atoms with van der Waals surface area (Å²) in [5.41, 5.74) is 0.554. The third kappa shape index (κ3) is 2.43. The number of hydrogen-bond acceptors (Lipinski definition) is 3. The van der Waals surface area contributed by atoms with Gasteiger partial charge in [0.15, 0.2) is 0 Å². The van der Waals surface area contributed by atoms with E-state index in [-0.39, 0.29) is 5.91 Å². The SMILES string of the molecule is Cc1oncc1C(=O)NC1CCC(C)CC1. The summed E-state index contributed by atoms with van der Waals surface area (Å²) in [4.78, 5) is 11.9. The smallest absolute Gasteiger partial charge is 0.256 e. The summed E-state index contributed by atoms with van der Waals surface area (Å²) in [6.45, 7) is 4.02. The van der Waals surface area contributed by atoms with Crippen molar-refractivity contribution in [1.82, 2.24) is 10.5 Å². The lowest BCUT2D eigenvalue weighted by molar-refractivity contribution is 0.0921. The van der Waals surface area contributed by atoms with Crippen LogP contribution in [-0.4, -0.2) is 17.1 Å². The van der Waals surface area contributed by atoms with Crippen molar-refractivity contribution in [3.8, 4) is 0 Å². The van der Waals surface area contributed by atoms with Crippen LogP contribution in [0.5, 0.6) is 0 Å². The molecule has 2 rings (SSSR count). The molecule has 1 aromatic rings. The first kappa shape index (κ1) is 11.2. The molecule has 0 spiro atoms. The number of carbonyl (C=O) groups is 1. The van der Waals surface area contributed by atoms with Crippen LogP contribution in [0.2, 0.25) is 0 Å². The molecule has 0 unspecified atom stereocenters. The van der Waals surface area contributed by atoms with Gasteiger partial charge in [-0.25, -0.2) is 0 Å². The van der Waals surface area contributed by atoms with Crippen LogP contribution in [0.4, 0.5) is 0 Å². The molecule has 1 saturated carbocycles. The monoisotopic (exact) mass is 222 g/mol. The van der Waals surface area contributed by atoms with Crippen LogP contribution in [0.15, 0.2) is 10.7 Å². The average molecular weight is 222 g/mol. The van der Waals surface area contributed by atoms with Crippen LogP contribution in [0.1, 0.15) is 48.7 Å². The normalized spacial score (nSPS) is 25.4. The highest BCUT2D eigenvalue weighted by molar-refractivity contribution is 5.94. The minimum atomic E-state index is -0.0571. The Hall–Kier alpha value is -1.32. The quantitative estimate of drug-likeness (QED) is 0.835. The highest BCUT2D eigenvalue weighted by Gasteiger charge is 2.21. The molecular weight excluding hydrogens is 204 g/mol. The van der Waals surface area contributed by atoms with Crippen LogP contribution in [0, 0.1) is 12.8 Å². The van der Waals surface area contributed by atoms with E-state index in [1.54, 1.807) is 6.92 Å². The van der Waals surface area contributed by atoms with Gasteiger partial charge in [0, 0.05) is 6.04 Å². The zero-order valence-electron chi connectivity index (χ0n) is 9.82. The minimum Gasteiger partial charge on any atom is -0.361 e. The highest BCUT2D eigenvalue weighted by atomic mass is 16.5. The molecule has 0 atom stereocenters. The summed E-state index contributed by atoms with van der Waals surface area (Å²) in [7, 11) is 0. The lowest BCUT2D eigenvalue weighted by Crippen LogP contribution is -2.37. The van der Waals surface area contributed by atoms with E-state index >= 15 is 0 Å². The Labute approximate surface area is 95.4 Å². The van der Waals surface area contributed by atoms with Crippen molar-refractivity contribution in [2.45, 2.75) is 45.6 Å². The fourth-order valence-electron chi connectivity index (χ4n) is 2.18. The second kappa shape index (κ2) is 4.68. The second-order valence-electron chi connectivity index (χ2n) is 4.73. The van der Waals surface area contributed by atoms with Gasteiger partial charge in [0.25, 0.3) is 5.91 Å². The highest BCUT2D eigenvalue weighted by Crippen LogP contribution is 2.23. The molecule has 4 heteroatoms. The molecule has 16 heavy (non-hydrogen) atoms. The van der Waals surface area contributed by atoms with Gasteiger partial charge in [-0.3, -0.25) is 4.79 Å². The van der Waals surface area contributed by atoms with Crippen molar-refractivity contribution < 1.29 is 9.32 Å². The molecule has 0 aliphatic heterocycles. The summed E-state index contributed by atoms with van der Waals surface area (Å²) >= 11 is 0. The van der Waals surface area contributed by atoms with Gasteiger partial charge in [0.1, 0.15) is 11.3 Å². The number of rotatable bonds is 2. The Morgan fingerprint density at radius 3 is 2.69 bits per heavy atom. The summed E-state index contributed by atoms with van der Waals surface area (Å²) < 4.78 is 4.88. The van der Waals surface area contributed by atoms with Gasteiger partial charge in [0.05, 0.1) is 6.20 Å². The third-order valence-electron chi connectivity index (χ3n) is 3.35. The predicted molar refractivity (Wildman–Crippen MR) is 60.1 cm³/mol. The number of carbonyl (C=O) groups excluding carboxylic acids is 1. The van der Waals surface area contributed by atoms with E-state index in [1.165, 1.54) is 19.0 Å². The molecule has 4 nitrogen and oxygen atoms in total. The van der Waals surface area contributed by atoms with E-state index < -0.39 is 0 Å². The molecule has 1 heterocycles. The molecule has 1 N–H and O–H groups in total. The maximum atomic E-state index is 11.9. The summed E-state index contributed by atoms with van der Waals surface area (Å²) in [6, 6.07) is 0.318. The fourth-order valence-corrected chi connectivity index (χ4v) is 2.18. The van der Waals surface area contributed by atoms with Crippen molar-refractivity contribution in [1.29, 1.82) is 0 Å². The van der Waals surface area contributed by atoms with Gasteiger partial charge in [-0.2, -0.15) is 0 Å². The average Bonchev–Trinajstić information content (AvgIpc) is 2.68. The summed E-state index contributed by atoms with van der Waals surface area (Å²) in [5, 5.41) is 6.66. The molecule has 0 radical (unpaired) electrons. The van der Waals surface area contributed by atoms with Gasteiger partial charge in [-0.1, -0.05) is 12.1 Å². The lowest BCUT2D eigenvalue weighted by atomic mass is 9.87. The molecule has 1 fully saturated rings. The molecule has 0 saturated heterocycles. The molecule has 1 amide bonds. The molecule has 1 aliphatic rings. The van der Waals surface area contributed by atoms with E-state index in [0.717, 1.165) is 18.8 Å². The fraction of sp³-hybridized carbons (Fsp3) is 0.667. The van der Waals surface area contributed by atoms with Gasteiger partial charge in [-0.05, 0) is 38.5 Å². The van der Waals surface area contributed by atoms with Crippen molar-refractivity contribution in [3.05, 3.63) is 17.5 Å². The van der Waals surface area contributed by atoms with Crippen LogP contribution >= 0.6 is 0 Å². The maximum absolute atomic E-state index is 11.9. The van der Waals surface area contributed by atoms with E-state index in [4.69, 9.17) is 4.52 Å². The molecule has 0 aromatic carbocycles. The van der Waals surface area contributed by atoms with E-state index in [0.29, 0.717) is 17.4 Å². The van der Waals surface area contributed by atoms with Crippen molar-refractivity contribution >= 4 is 5.91 Å². The topological polar surface area (TPSA) is 55.1 Å². The largest absolute Gasteiger partial charge is 0.361 e. The zero-order valence-corrected chi connectivity index (χ0v) is 9.82. The molecular formula is C12H18N2O2. The Bertz CT molecular complexity index is 365. The van der Waals surface area contributed by atoms with Gasteiger partial charge >= 0.3 is 0 Å². The van der Waals surface area contributed by atoms with Crippen LogP contribution < -0.4 is 5.32 Å². The summed E-state index contributed by atoms with van der Waals surface area (Å²) in [5.74, 6) is 1.32. The Morgan fingerprint density at radius 2 is 2.12 bits per heavy atom. The number of hydrogen-bond donors (Lipinski definition) is 1. The number of amides is 1. The number of aromatic nitrogens is 1. The Morgan fingerprint density at radius 1 is 1.44 bits per heavy atom. The number of nitrogens with one attached hydrogen (secondary N) is 1. The molecule has 1 aromatic heterocycles. The van der Waals surface area contributed by atoms with Crippen LogP contribution in [-0.2, 0) is 0 Å². The first-order chi connectivity index (χ1) is 7.66. The van der Waals surface area contributed by atoms with E-state index in [2.05, 4.69) is 17.4 Å². The Balaban J connectivity index is 1.91. The van der Waals surface area contributed by atoms with Crippen molar-refractivity contribution in [2.75, 3.05) is 0 Å². The lowest BCUT2D eigenvalue weighted by Gasteiger charge is -2.26. The van der Waals surface area contributed by atoms with Crippen molar-refractivity contribution in [2.24, 2.45) is 5.92 Å². The van der Waals surface area contributed by atoms with Crippen LogP contribution in [0.25, 0.3) is 0 Å². The van der Waals surface area contributed by atoms with E-state index in [9.17, 15) is 4.79 Å². The van der Waals surface area contributed by atoms with Gasteiger partial charge in [-0.15, -0.1) is 0 Å². The standard InChI is InChI=1S/C12H18N2O2/c1-8-3-5-10(6-4-8)14-12(15)11-7-13-16-9(11)2/h7-8,10H,3-6H2,1-2H3,(H,14,15). The van der Waals surface area contributed by atoms with Gasteiger partial charge in [0.2, 0.25) is 0 Å². The maximum Gasteiger partial charge on any atom is 0.256 e. The van der Waals surface area contributed by atoms with E-state index in [1.807, 2.05) is 0 Å². The Kier molecular flexibility index (Phi) is 3.27. The number of aryl methyl sites for hydroxylation is 1. The van der Waals surface area contributed by atoms with Crippen molar-refractivity contribution in [3.63, 3.8) is 0 Å². The molecule has 0 bridgehead atoms. The third-order valence-corrected chi connectivity index (χ3v) is 3.35. The van der Waals surface area contributed by atoms with Crippen LogP contribution in [0.3, 0.4) is 0 Å². The number of nitrogens with zero attached hydrogens (tertiary/aromatic N) is 1. The molecule has 88 valence electrons.